The van der Waals surface area contributed by atoms with E-state index in [1.807, 2.05) is 13.8 Å². The van der Waals surface area contributed by atoms with Crippen molar-refractivity contribution in [2.24, 2.45) is 11.5 Å². The maximum Gasteiger partial charge on any atom is 0.230 e. The second kappa shape index (κ2) is 5.43. The summed E-state index contributed by atoms with van der Waals surface area (Å²) in [7, 11) is 0. The molecule has 0 aliphatic rings. The number of rotatable bonds is 5. The van der Waals surface area contributed by atoms with Gasteiger partial charge in [0.2, 0.25) is 5.91 Å². The summed E-state index contributed by atoms with van der Waals surface area (Å²) >= 11 is 1.56. The van der Waals surface area contributed by atoms with E-state index >= 15 is 0 Å². The van der Waals surface area contributed by atoms with Crippen molar-refractivity contribution in [1.82, 2.24) is 0 Å². The number of thioether (sulfide) groups is 1. The third-order valence-electron chi connectivity index (χ3n) is 1.34. The Bertz CT molecular complexity index is 128. The fourth-order valence-corrected chi connectivity index (χ4v) is 1.54. The molecule has 0 spiro atoms. The number of hydrogen-bond donors (Lipinski definition) is 2. The van der Waals surface area contributed by atoms with E-state index in [1.54, 1.807) is 11.8 Å². The number of hydrogen-bond acceptors (Lipinski definition) is 3. The van der Waals surface area contributed by atoms with Gasteiger partial charge in [-0.05, 0) is 26.0 Å². The van der Waals surface area contributed by atoms with E-state index in [1.165, 1.54) is 0 Å². The fraction of sp³-hybridized carbons (Fsp3) is 0.857. The minimum atomic E-state index is -0.250. The van der Waals surface area contributed by atoms with Gasteiger partial charge < -0.3 is 11.5 Å². The summed E-state index contributed by atoms with van der Waals surface area (Å²) in [6, 6.07) is 0.211. The summed E-state index contributed by atoms with van der Waals surface area (Å²) < 4.78 is 0. The molecule has 0 saturated carbocycles. The van der Waals surface area contributed by atoms with E-state index in [-0.39, 0.29) is 17.2 Å². The molecule has 0 bridgehead atoms. The molecule has 0 aliphatic heterocycles. The highest BCUT2D eigenvalue weighted by Gasteiger charge is 2.08. The average Bonchev–Trinajstić information content (AvgIpc) is 1.86. The zero-order valence-electron chi connectivity index (χ0n) is 7.04. The van der Waals surface area contributed by atoms with Crippen molar-refractivity contribution in [2.45, 2.75) is 31.6 Å². The molecule has 4 N–H and O–H groups in total. The lowest BCUT2D eigenvalue weighted by atomic mass is 10.3. The monoisotopic (exact) mass is 176 g/mol. The summed E-state index contributed by atoms with van der Waals surface area (Å²) in [5.41, 5.74) is 10.6. The van der Waals surface area contributed by atoms with Gasteiger partial charge in [0.05, 0.1) is 5.25 Å². The van der Waals surface area contributed by atoms with Crippen LogP contribution in [0.1, 0.15) is 20.3 Å². The van der Waals surface area contributed by atoms with Gasteiger partial charge in [-0.1, -0.05) is 0 Å². The first-order valence-electron chi connectivity index (χ1n) is 3.70. The lowest BCUT2D eigenvalue weighted by Gasteiger charge is -2.07. The smallest absolute Gasteiger partial charge is 0.230 e. The Morgan fingerprint density at radius 2 is 2.09 bits per heavy atom. The second-order valence-corrected chi connectivity index (χ2v) is 4.13. The highest BCUT2D eigenvalue weighted by atomic mass is 32.2. The van der Waals surface area contributed by atoms with Gasteiger partial charge in [-0.15, -0.1) is 11.8 Å². The maximum atomic E-state index is 10.5. The van der Waals surface area contributed by atoms with E-state index in [0.29, 0.717) is 0 Å². The van der Waals surface area contributed by atoms with Crippen molar-refractivity contribution in [1.29, 1.82) is 0 Å². The number of carbonyl (C=O) groups excluding carboxylic acids is 1. The number of primary amides is 1. The molecular formula is C7H16N2OS. The standard InChI is InChI=1S/C7H16N2OS/c1-5(8)3-4-11-6(2)7(9)10/h5-6H,3-4,8H2,1-2H3,(H2,9,10). The van der Waals surface area contributed by atoms with E-state index in [0.717, 1.165) is 12.2 Å². The topological polar surface area (TPSA) is 69.1 Å². The lowest BCUT2D eigenvalue weighted by Crippen LogP contribution is -2.24. The van der Waals surface area contributed by atoms with Crippen LogP contribution in [-0.4, -0.2) is 23.0 Å². The molecule has 4 heteroatoms. The largest absolute Gasteiger partial charge is 0.369 e. The Kier molecular flexibility index (Phi) is 5.32. The highest BCUT2D eigenvalue weighted by Crippen LogP contribution is 2.11. The van der Waals surface area contributed by atoms with Crippen LogP contribution in [0.25, 0.3) is 0 Å². The van der Waals surface area contributed by atoms with Crippen molar-refractivity contribution in [3.63, 3.8) is 0 Å². The molecule has 0 aromatic rings. The molecule has 0 heterocycles. The molecular weight excluding hydrogens is 160 g/mol. The quantitative estimate of drug-likeness (QED) is 0.634. The SMILES string of the molecule is CC(N)CCSC(C)C(N)=O. The van der Waals surface area contributed by atoms with Crippen molar-refractivity contribution < 1.29 is 4.79 Å². The first-order chi connectivity index (χ1) is 5.04. The van der Waals surface area contributed by atoms with Crippen LogP contribution in [0.5, 0.6) is 0 Å². The molecule has 0 saturated heterocycles. The van der Waals surface area contributed by atoms with E-state index in [4.69, 9.17) is 11.5 Å². The van der Waals surface area contributed by atoms with Crippen LogP contribution in [0.3, 0.4) is 0 Å². The van der Waals surface area contributed by atoms with Gasteiger partial charge in [0.15, 0.2) is 0 Å². The molecule has 0 rings (SSSR count). The van der Waals surface area contributed by atoms with E-state index in [9.17, 15) is 4.79 Å². The zero-order chi connectivity index (χ0) is 8.85. The Balaban J connectivity index is 3.31. The van der Waals surface area contributed by atoms with Crippen molar-refractivity contribution in [3.05, 3.63) is 0 Å². The van der Waals surface area contributed by atoms with Crippen molar-refractivity contribution >= 4 is 17.7 Å². The third-order valence-corrected chi connectivity index (χ3v) is 2.55. The molecule has 0 fully saturated rings. The lowest BCUT2D eigenvalue weighted by molar-refractivity contribution is -0.117. The summed E-state index contributed by atoms with van der Waals surface area (Å²) in [6.45, 7) is 3.77. The summed E-state index contributed by atoms with van der Waals surface area (Å²) in [5, 5.41) is -0.0891. The summed E-state index contributed by atoms with van der Waals surface area (Å²) in [6.07, 6.45) is 0.933. The molecule has 0 aliphatic carbocycles. The van der Waals surface area contributed by atoms with Crippen LogP contribution in [0.2, 0.25) is 0 Å². The van der Waals surface area contributed by atoms with Gasteiger partial charge in [0, 0.05) is 6.04 Å². The number of carbonyl (C=O) groups is 1. The zero-order valence-corrected chi connectivity index (χ0v) is 7.86. The Labute approximate surface area is 71.9 Å². The van der Waals surface area contributed by atoms with Gasteiger partial charge in [-0.2, -0.15) is 0 Å². The van der Waals surface area contributed by atoms with Crippen molar-refractivity contribution in [3.8, 4) is 0 Å². The molecule has 2 unspecified atom stereocenters. The fourth-order valence-electron chi connectivity index (χ4n) is 0.513. The third kappa shape index (κ3) is 6.19. The molecule has 66 valence electrons. The first kappa shape index (κ1) is 10.8. The molecule has 0 aromatic carbocycles. The second-order valence-electron chi connectivity index (χ2n) is 2.68. The van der Waals surface area contributed by atoms with E-state index < -0.39 is 0 Å². The predicted molar refractivity (Wildman–Crippen MR) is 49.4 cm³/mol. The van der Waals surface area contributed by atoms with Gasteiger partial charge in [-0.25, -0.2) is 0 Å². The van der Waals surface area contributed by atoms with Crippen molar-refractivity contribution in [2.75, 3.05) is 5.75 Å². The van der Waals surface area contributed by atoms with E-state index in [2.05, 4.69) is 0 Å². The molecule has 11 heavy (non-hydrogen) atoms. The summed E-state index contributed by atoms with van der Waals surface area (Å²) in [5.74, 6) is 0.654. The van der Waals surface area contributed by atoms with Crippen LogP contribution in [0, 0.1) is 0 Å². The Morgan fingerprint density at radius 1 is 1.55 bits per heavy atom. The van der Waals surface area contributed by atoms with Crippen LogP contribution in [0.15, 0.2) is 0 Å². The normalized spacial score (nSPS) is 15.9. The summed E-state index contributed by atoms with van der Waals surface area (Å²) in [4.78, 5) is 10.5. The number of nitrogens with two attached hydrogens (primary N) is 2. The Hall–Kier alpha value is -0.220. The molecule has 1 amide bonds. The average molecular weight is 176 g/mol. The predicted octanol–water partition coefficient (Wildman–Crippen LogP) is 0.331. The molecule has 2 atom stereocenters. The van der Waals surface area contributed by atoms with Crippen LogP contribution in [0.4, 0.5) is 0 Å². The maximum absolute atomic E-state index is 10.5. The highest BCUT2D eigenvalue weighted by molar-refractivity contribution is 8.00. The van der Waals surface area contributed by atoms with Gasteiger partial charge in [0.25, 0.3) is 0 Å². The molecule has 0 aromatic heterocycles. The first-order valence-corrected chi connectivity index (χ1v) is 4.75. The molecule has 0 radical (unpaired) electrons. The minimum Gasteiger partial charge on any atom is -0.369 e. The van der Waals surface area contributed by atoms with Crippen LogP contribution >= 0.6 is 11.8 Å². The van der Waals surface area contributed by atoms with Crippen LogP contribution < -0.4 is 11.5 Å². The molecule has 3 nitrogen and oxygen atoms in total. The number of amides is 1. The van der Waals surface area contributed by atoms with Crippen LogP contribution in [-0.2, 0) is 4.79 Å². The Morgan fingerprint density at radius 3 is 2.45 bits per heavy atom. The minimum absolute atomic E-state index is 0.0891. The van der Waals surface area contributed by atoms with Gasteiger partial charge in [0.1, 0.15) is 0 Å². The van der Waals surface area contributed by atoms with Gasteiger partial charge in [-0.3, -0.25) is 4.79 Å². The van der Waals surface area contributed by atoms with Gasteiger partial charge >= 0.3 is 0 Å².